The average molecular weight is 384 g/mol. The molecule has 0 aromatic rings. The van der Waals surface area contributed by atoms with Gasteiger partial charge in [0.25, 0.3) is 5.91 Å². The number of hydrogen-bond donors (Lipinski definition) is 2. The third kappa shape index (κ3) is 10.2. The van der Waals surface area contributed by atoms with Crippen molar-refractivity contribution in [3.63, 3.8) is 0 Å². The molecule has 0 rings (SSSR count). The summed E-state index contributed by atoms with van der Waals surface area (Å²) in [5, 5.41) is 3.94. The third-order valence-electron chi connectivity index (χ3n) is 4.02. The number of rotatable bonds is 13. The summed E-state index contributed by atoms with van der Waals surface area (Å²) in [5.41, 5.74) is 2.95. The van der Waals surface area contributed by atoms with Gasteiger partial charge >= 0.3 is 0 Å². The zero-order valence-electron chi connectivity index (χ0n) is 17.8. The van der Waals surface area contributed by atoms with Crippen molar-refractivity contribution in [2.45, 2.75) is 85.9 Å². The van der Waals surface area contributed by atoms with Gasteiger partial charge < -0.3 is 14.9 Å². The maximum atomic E-state index is 13.2. The van der Waals surface area contributed by atoms with Gasteiger partial charge in [-0.1, -0.05) is 41.5 Å². The van der Waals surface area contributed by atoms with Crippen molar-refractivity contribution in [2.24, 2.45) is 17.8 Å². The van der Waals surface area contributed by atoms with Crippen molar-refractivity contribution >= 4 is 24.4 Å². The summed E-state index contributed by atoms with van der Waals surface area (Å²) in [4.78, 5) is 48.0. The zero-order chi connectivity index (χ0) is 21.1. The molecule has 0 aromatic heterocycles. The number of aldehydes is 2. The lowest BCUT2D eigenvalue weighted by Gasteiger charge is -2.35. The van der Waals surface area contributed by atoms with Crippen LogP contribution in [0.5, 0.6) is 0 Å². The maximum absolute atomic E-state index is 13.2. The fraction of sp³-hybridized carbons (Fsp3) is 0.800. The van der Waals surface area contributed by atoms with Crippen LogP contribution in [0.4, 0.5) is 0 Å². The summed E-state index contributed by atoms with van der Waals surface area (Å²) in [6.07, 6.45) is 2.93. The second-order valence-electron chi connectivity index (χ2n) is 8.43. The van der Waals surface area contributed by atoms with Gasteiger partial charge in [-0.2, -0.15) is 0 Å². The Morgan fingerprint density at radius 1 is 0.852 bits per heavy atom. The van der Waals surface area contributed by atoms with Crippen LogP contribution in [0.15, 0.2) is 0 Å². The van der Waals surface area contributed by atoms with E-state index >= 15 is 0 Å². The molecule has 0 heterocycles. The highest BCUT2D eigenvalue weighted by Gasteiger charge is 2.32. The molecule has 0 saturated carbocycles. The molecule has 0 radical (unpaired) electrons. The van der Waals surface area contributed by atoms with E-state index < -0.39 is 24.0 Å². The van der Waals surface area contributed by atoms with Crippen molar-refractivity contribution in [3.8, 4) is 0 Å². The number of hydrazine groups is 1. The van der Waals surface area contributed by atoms with Crippen LogP contribution in [0.25, 0.3) is 0 Å². The molecule has 156 valence electrons. The topological polar surface area (TPSA) is 95.6 Å². The van der Waals surface area contributed by atoms with Crippen LogP contribution < -0.4 is 10.7 Å². The molecule has 7 nitrogen and oxygen atoms in total. The molecule has 7 heteroatoms. The van der Waals surface area contributed by atoms with Gasteiger partial charge in [0.1, 0.15) is 24.7 Å². The van der Waals surface area contributed by atoms with Crippen LogP contribution in [0, 0.1) is 17.8 Å². The molecule has 0 bridgehead atoms. The molecule has 0 spiro atoms. The van der Waals surface area contributed by atoms with E-state index in [-0.39, 0.29) is 23.7 Å². The first-order valence-electron chi connectivity index (χ1n) is 9.78. The van der Waals surface area contributed by atoms with E-state index in [9.17, 15) is 19.2 Å². The summed E-state index contributed by atoms with van der Waals surface area (Å²) in [7, 11) is 0. The van der Waals surface area contributed by atoms with Crippen LogP contribution in [0.1, 0.15) is 67.7 Å². The molecule has 2 amide bonds. The molecule has 2 N–H and O–H groups in total. The monoisotopic (exact) mass is 383 g/mol. The minimum absolute atomic E-state index is 0.171. The highest BCUT2D eigenvalue weighted by atomic mass is 16.2. The normalized spacial score (nSPS) is 14.7. The Labute approximate surface area is 163 Å². The summed E-state index contributed by atoms with van der Waals surface area (Å²) in [6, 6.07) is -2.05. The van der Waals surface area contributed by atoms with Crippen LogP contribution in [-0.4, -0.2) is 47.5 Å². The highest BCUT2D eigenvalue weighted by Crippen LogP contribution is 2.15. The van der Waals surface area contributed by atoms with Gasteiger partial charge in [-0.05, 0) is 37.0 Å². The number of amides is 2. The predicted octanol–water partition coefficient (Wildman–Crippen LogP) is 2.10. The smallest absolute Gasteiger partial charge is 0.259 e. The summed E-state index contributed by atoms with van der Waals surface area (Å²) >= 11 is 0. The molecule has 3 atom stereocenters. The number of nitrogens with zero attached hydrogens (tertiary/aromatic N) is 1. The molecule has 0 unspecified atom stereocenters. The van der Waals surface area contributed by atoms with Crippen molar-refractivity contribution in [3.05, 3.63) is 0 Å². The van der Waals surface area contributed by atoms with Crippen LogP contribution in [-0.2, 0) is 19.2 Å². The van der Waals surface area contributed by atoms with Crippen molar-refractivity contribution in [2.75, 3.05) is 0 Å². The third-order valence-corrected chi connectivity index (χ3v) is 4.02. The van der Waals surface area contributed by atoms with Crippen molar-refractivity contribution in [1.29, 1.82) is 0 Å². The second-order valence-corrected chi connectivity index (χ2v) is 8.43. The first-order valence-corrected chi connectivity index (χ1v) is 9.78. The van der Waals surface area contributed by atoms with E-state index in [1.807, 2.05) is 41.5 Å². The minimum Gasteiger partial charge on any atom is -0.344 e. The lowest BCUT2D eigenvalue weighted by atomic mass is 10.00. The number of nitrogens with one attached hydrogen (secondary N) is 2. The fourth-order valence-electron chi connectivity index (χ4n) is 2.96. The van der Waals surface area contributed by atoms with Crippen LogP contribution in [0.2, 0.25) is 0 Å². The largest absolute Gasteiger partial charge is 0.344 e. The molecule has 0 aliphatic carbocycles. The summed E-state index contributed by atoms with van der Waals surface area (Å²) < 4.78 is 0. The summed E-state index contributed by atoms with van der Waals surface area (Å²) in [6.45, 7) is 13.2. The van der Waals surface area contributed by atoms with Crippen molar-refractivity contribution in [1.82, 2.24) is 15.8 Å². The number of hydrogen-bond acceptors (Lipinski definition) is 5. The fourth-order valence-corrected chi connectivity index (χ4v) is 2.96. The van der Waals surface area contributed by atoms with E-state index in [0.29, 0.717) is 19.3 Å². The Morgan fingerprint density at radius 3 is 1.74 bits per heavy atom. The molecule has 27 heavy (non-hydrogen) atoms. The lowest BCUT2D eigenvalue weighted by molar-refractivity contribution is -0.146. The Balaban J connectivity index is 5.73. The maximum Gasteiger partial charge on any atom is 0.259 e. The van der Waals surface area contributed by atoms with Gasteiger partial charge in [-0.3, -0.25) is 14.6 Å². The van der Waals surface area contributed by atoms with E-state index in [0.717, 1.165) is 12.6 Å². The van der Waals surface area contributed by atoms with Crippen molar-refractivity contribution < 1.29 is 19.2 Å². The number of carbonyl (C=O) groups excluding carboxylic acids is 4. The molecular weight excluding hydrogens is 346 g/mol. The molecule has 0 aliphatic rings. The predicted molar refractivity (Wildman–Crippen MR) is 106 cm³/mol. The van der Waals surface area contributed by atoms with Crippen LogP contribution in [0.3, 0.4) is 0 Å². The van der Waals surface area contributed by atoms with Gasteiger partial charge in [-0.15, -0.1) is 0 Å². The molecule has 0 fully saturated rings. The number of carbonyl (C=O) groups is 4. The van der Waals surface area contributed by atoms with Gasteiger partial charge in [0.2, 0.25) is 5.91 Å². The molecule has 0 aromatic carbocycles. The second kappa shape index (κ2) is 12.6. The van der Waals surface area contributed by atoms with Gasteiger partial charge in [-0.25, -0.2) is 5.43 Å². The SMILES string of the molecule is CC(=O)N[C@@H](CC(C)C)C(=O)N(N[C@H](C=O)CC(C)C)[C@H](C=O)CC(C)C. The van der Waals surface area contributed by atoms with E-state index in [1.165, 1.54) is 11.9 Å². The highest BCUT2D eigenvalue weighted by molar-refractivity contribution is 5.88. The van der Waals surface area contributed by atoms with E-state index in [2.05, 4.69) is 10.7 Å². The summed E-state index contributed by atoms with van der Waals surface area (Å²) in [5.74, 6) is -0.112. The lowest BCUT2D eigenvalue weighted by Crippen LogP contribution is -2.60. The first-order chi connectivity index (χ1) is 12.5. The zero-order valence-corrected chi connectivity index (χ0v) is 17.8. The molecule has 0 aliphatic heterocycles. The van der Waals surface area contributed by atoms with E-state index in [1.54, 1.807) is 0 Å². The quantitative estimate of drug-likeness (QED) is 0.375. The Kier molecular flexibility index (Phi) is 11.8. The molecule has 0 saturated heterocycles. The Morgan fingerprint density at radius 2 is 1.37 bits per heavy atom. The van der Waals surface area contributed by atoms with Gasteiger partial charge in [0.05, 0.1) is 6.04 Å². The Hall–Kier alpha value is -1.76. The van der Waals surface area contributed by atoms with Gasteiger partial charge in [0.15, 0.2) is 0 Å². The van der Waals surface area contributed by atoms with Crippen LogP contribution >= 0.6 is 0 Å². The minimum atomic E-state index is -0.754. The first kappa shape index (κ1) is 25.2. The Bertz CT molecular complexity index is 492. The van der Waals surface area contributed by atoms with E-state index in [4.69, 9.17) is 0 Å². The standard InChI is InChI=1S/C20H37N3O4/c1-13(2)8-17(11-24)22-23(18(12-25)9-14(3)4)20(27)19(10-15(5)6)21-16(7)26/h11-15,17-19,22H,8-10H2,1-7H3,(H,21,26)/t17-,18-,19-/m0/s1. The van der Waals surface area contributed by atoms with Gasteiger partial charge in [0, 0.05) is 6.92 Å². The molecular formula is C20H37N3O4. The average Bonchev–Trinajstić information content (AvgIpc) is 2.54.